The summed E-state index contributed by atoms with van der Waals surface area (Å²) < 4.78 is 10.1. The molecule has 0 heterocycles. The molecule has 0 aliphatic heterocycles. The van der Waals surface area contributed by atoms with Crippen LogP contribution < -0.4 is 20.9 Å². The van der Waals surface area contributed by atoms with Gasteiger partial charge in [-0.1, -0.05) is 11.6 Å². The molecule has 5 nitrogen and oxygen atoms in total. The summed E-state index contributed by atoms with van der Waals surface area (Å²) in [6, 6.07) is 3.18. The summed E-state index contributed by atoms with van der Waals surface area (Å²) in [7, 11) is 3.01. The van der Waals surface area contributed by atoms with E-state index in [1.54, 1.807) is 12.1 Å². The van der Waals surface area contributed by atoms with Crippen LogP contribution in [0.5, 0.6) is 11.5 Å². The lowest BCUT2D eigenvalue weighted by Gasteiger charge is -2.08. The number of methoxy groups -OCH3 is 2. The largest absolute Gasteiger partial charge is 0.495 e. The molecule has 15 heavy (non-hydrogen) atoms. The van der Waals surface area contributed by atoms with Crippen molar-refractivity contribution in [3.8, 4) is 11.5 Å². The zero-order valence-electron chi connectivity index (χ0n) is 8.45. The van der Waals surface area contributed by atoms with E-state index in [2.05, 4.69) is 4.99 Å². The van der Waals surface area contributed by atoms with Gasteiger partial charge in [0.25, 0.3) is 0 Å². The number of aliphatic imine (C=N–C) groups is 1. The molecule has 4 N–H and O–H groups in total. The molecule has 0 atom stereocenters. The van der Waals surface area contributed by atoms with Crippen molar-refractivity contribution in [2.75, 3.05) is 14.2 Å². The van der Waals surface area contributed by atoms with Gasteiger partial charge in [-0.05, 0) is 0 Å². The van der Waals surface area contributed by atoms with Gasteiger partial charge in [0.15, 0.2) is 5.96 Å². The SMILES string of the molecule is COc1cc(N=C(N)N)c(OC)cc1Cl. The molecule has 82 valence electrons. The number of hydrogen-bond donors (Lipinski definition) is 2. The van der Waals surface area contributed by atoms with Gasteiger partial charge in [0, 0.05) is 12.1 Å². The highest BCUT2D eigenvalue weighted by Crippen LogP contribution is 2.37. The smallest absolute Gasteiger partial charge is 0.191 e. The molecule has 0 unspecified atom stereocenters. The first-order valence-corrected chi connectivity index (χ1v) is 4.47. The summed E-state index contributed by atoms with van der Waals surface area (Å²) in [5, 5.41) is 0.434. The van der Waals surface area contributed by atoms with E-state index in [4.69, 9.17) is 32.5 Å². The summed E-state index contributed by atoms with van der Waals surface area (Å²) >= 11 is 5.90. The molecule has 1 aromatic carbocycles. The Labute approximate surface area is 92.6 Å². The van der Waals surface area contributed by atoms with E-state index in [9.17, 15) is 0 Å². The normalized spacial score (nSPS) is 9.53. The number of nitrogens with two attached hydrogens (primary N) is 2. The first-order chi connectivity index (χ1) is 7.08. The molecule has 0 bridgehead atoms. The van der Waals surface area contributed by atoms with Crippen molar-refractivity contribution in [1.29, 1.82) is 0 Å². The number of ether oxygens (including phenoxy) is 2. The maximum Gasteiger partial charge on any atom is 0.191 e. The minimum atomic E-state index is -0.0577. The molecule has 0 aromatic heterocycles. The molecular weight excluding hydrogens is 218 g/mol. The molecule has 0 saturated heterocycles. The molecule has 0 amide bonds. The van der Waals surface area contributed by atoms with Crippen LogP contribution in [0.2, 0.25) is 5.02 Å². The first-order valence-electron chi connectivity index (χ1n) is 4.09. The molecule has 1 aromatic rings. The molecule has 0 spiro atoms. The Kier molecular flexibility index (Phi) is 3.62. The van der Waals surface area contributed by atoms with Crippen LogP contribution in [-0.4, -0.2) is 20.2 Å². The average molecular weight is 230 g/mol. The third-order valence-electron chi connectivity index (χ3n) is 1.70. The third kappa shape index (κ3) is 2.66. The van der Waals surface area contributed by atoms with Crippen LogP contribution >= 0.6 is 11.6 Å². The van der Waals surface area contributed by atoms with Crippen LogP contribution in [-0.2, 0) is 0 Å². The second kappa shape index (κ2) is 4.75. The quantitative estimate of drug-likeness (QED) is 0.604. The van der Waals surface area contributed by atoms with E-state index in [1.807, 2.05) is 0 Å². The lowest BCUT2D eigenvalue weighted by Crippen LogP contribution is -2.21. The zero-order chi connectivity index (χ0) is 11.4. The summed E-state index contributed by atoms with van der Waals surface area (Å²) in [4.78, 5) is 3.89. The van der Waals surface area contributed by atoms with Gasteiger partial charge in [0.05, 0.1) is 19.2 Å². The molecular formula is C9H12ClN3O2. The fourth-order valence-corrected chi connectivity index (χ4v) is 1.30. The highest BCUT2D eigenvalue weighted by molar-refractivity contribution is 6.32. The molecule has 1 rings (SSSR count). The minimum absolute atomic E-state index is 0.0577. The van der Waals surface area contributed by atoms with Crippen LogP contribution in [0.3, 0.4) is 0 Å². The highest BCUT2D eigenvalue weighted by Gasteiger charge is 2.09. The molecule has 0 radical (unpaired) electrons. The second-order valence-corrected chi connectivity index (χ2v) is 3.10. The number of rotatable bonds is 3. The monoisotopic (exact) mass is 229 g/mol. The third-order valence-corrected chi connectivity index (χ3v) is 2.00. The van der Waals surface area contributed by atoms with Crippen molar-refractivity contribution < 1.29 is 9.47 Å². The standard InChI is InChI=1S/C9H12ClN3O2/c1-14-7-4-6(13-9(11)12)8(15-2)3-5(7)10/h3-4H,1-2H3,(H4,11,12,13). The number of halogens is 1. The van der Waals surface area contributed by atoms with Crippen molar-refractivity contribution in [3.05, 3.63) is 17.2 Å². The summed E-state index contributed by atoms with van der Waals surface area (Å²) in [5.74, 6) is 0.907. The van der Waals surface area contributed by atoms with Crippen LogP contribution in [0.4, 0.5) is 5.69 Å². The van der Waals surface area contributed by atoms with Crippen LogP contribution in [0.25, 0.3) is 0 Å². The van der Waals surface area contributed by atoms with Gasteiger partial charge in [-0.25, -0.2) is 4.99 Å². The van der Waals surface area contributed by atoms with Gasteiger partial charge < -0.3 is 20.9 Å². The molecule has 0 aliphatic carbocycles. The number of benzene rings is 1. The van der Waals surface area contributed by atoms with Crippen molar-refractivity contribution in [3.63, 3.8) is 0 Å². The van der Waals surface area contributed by atoms with E-state index >= 15 is 0 Å². The Hall–Kier alpha value is -1.62. The summed E-state index contributed by atoms with van der Waals surface area (Å²) in [6.07, 6.45) is 0. The lowest BCUT2D eigenvalue weighted by atomic mass is 10.3. The van der Waals surface area contributed by atoms with Crippen molar-refractivity contribution in [2.24, 2.45) is 16.5 Å². The van der Waals surface area contributed by atoms with Gasteiger partial charge in [-0.3, -0.25) is 0 Å². The van der Waals surface area contributed by atoms with E-state index in [1.165, 1.54) is 14.2 Å². The Morgan fingerprint density at radius 2 is 1.80 bits per heavy atom. The van der Waals surface area contributed by atoms with Gasteiger partial charge in [-0.2, -0.15) is 0 Å². The van der Waals surface area contributed by atoms with Crippen LogP contribution in [0, 0.1) is 0 Å². The molecule has 0 saturated carbocycles. The van der Waals surface area contributed by atoms with Crippen LogP contribution in [0.15, 0.2) is 17.1 Å². The number of nitrogens with zero attached hydrogens (tertiary/aromatic N) is 1. The van der Waals surface area contributed by atoms with Gasteiger partial charge in [0.2, 0.25) is 0 Å². The summed E-state index contributed by atoms with van der Waals surface area (Å²) in [6.45, 7) is 0. The van der Waals surface area contributed by atoms with Gasteiger partial charge >= 0.3 is 0 Å². The Morgan fingerprint density at radius 3 is 2.27 bits per heavy atom. The Bertz CT molecular complexity index is 389. The average Bonchev–Trinajstić information content (AvgIpc) is 2.19. The first kappa shape index (κ1) is 11.5. The molecule has 0 fully saturated rings. The maximum absolute atomic E-state index is 5.90. The van der Waals surface area contributed by atoms with Gasteiger partial charge in [0.1, 0.15) is 17.2 Å². The van der Waals surface area contributed by atoms with E-state index in [-0.39, 0.29) is 5.96 Å². The molecule has 0 aliphatic rings. The zero-order valence-corrected chi connectivity index (χ0v) is 9.21. The van der Waals surface area contributed by atoms with Crippen molar-refractivity contribution >= 4 is 23.2 Å². The maximum atomic E-state index is 5.90. The highest BCUT2D eigenvalue weighted by atomic mass is 35.5. The lowest BCUT2D eigenvalue weighted by molar-refractivity contribution is 0.404. The number of guanidine groups is 1. The fourth-order valence-electron chi connectivity index (χ4n) is 1.07. The van der Waals surface area contributed by atoms with Crippen molar-refractivity contribution in [1.82, 2.24) is 0 Å². The topological polar surface area (TPSA) is 82.9 Å². The minimum Gasteiger partial charge on any atom is -0.495 e. The molecule has 6 heteroatoms. The second-order valence-electron chi connectivity index (χ2n) is 2.70. The summed E-state index contributed by atoms with van der Waals surface area (Å²) in [5.41, 5.74) is 11.0. The predicted octanol–water partition coefficient (Wildman–Crippen LogP) is 1.26. The predicted molar refractivity (Wildman–Crippen MR) is 60.0 cm³/mol. The van der Waals surface area contributed by atoms with Gasteiger partial charge in [-0.15, -0.1) is 0 Å². The Balaban J connectivity index is 3.29. The van der Waals surface area contributed by atoms with E-state index in [0.29, 0.717) is 22.2 Å². The van der Waals surface area contributed by atoms with Crippen LogP contribution in [0.1, 0.15) is 0 Å². The number of hydrogen-bond acceptors (Lipinski definition) is 3. The van der Waals surface area contributed by atoms with E-state index < -0.39 is 0 Å². The van der Waals surface area contributed by atoms with Crippen molar-refractivity contribution in [2.45, 2.75) is 0 Å². The van der Waals surface area contributed by atoms with E-state index in [0.717, 1.165) is 0 Å². The Morgan fingerprint density at radius 1 is 1.20 bits per heavy atom. The fraction of sp³-hybridized carbons (Fsp3) is 0.222.